The summed E-state index contributed by atoms with van der Waals surface area (Å²) in [6.45, 7) is 0. The van der Waals surface area contributed by atoms with Crippen LogP contribution in [0, 0.1) is 0 Å². The van der Waals surface area contributed by atoms with E-state index in [2.05, 4.69) is 148 Å². The molecule has 6 nitrogen and oxygen atoms in total. The molecule has 0 atom stereocenters. The lowest BCUT2D eigenvalue weighted by Gasteiger charge is -2.11. The quantitative estimate of drug-likeness (QED) is 0.158. The minimum Gasteiger partial charge on any atom is -0.256 e. The van der Waals surface area contributed by atoms with E-state index in [1.165, 1.54) is 0 Å². The van der Waals surface area contributed by atoms with Crippen LogP contribution in [0.15, 0.2) is 195 Å². The monoisotopic (exact) mass is 740 g/mol. The summed E-state index contributed by atoms with van der Waals surface area (Å²) in [5.74, 6) is 0. The number of benzene rings is 5. The molecular weight excluding hydrogens is 709 g/mol. The molecule has 0 bridgehead atoms. The topological polar surface area (TPSA) is 77.3 Å². The van der Waals surface area contributed by atoms with Gasteiger partial charge < -0.3 is 0 Å². The Hall–Kier alpha value is -7.96. The van der Waals surface area contributed by atoms with Crippen LogP contribution < -0.4 is 0 Å². The highest BCUT2D eigenvalue weighted by molar-refractivity contribution is 6.03. The first-order valence-corrected chi connectivity index (χ1v) is 19.2. The van der Waals surface area contributed by atoms with Crippen LogP contribution >= 0.6 is 0 Å². The van der Waals surface area contributed by atoms with Crippen molar-refractivity contribution in [2.45, 2.75) is 0 Å². The van der Waals surface area contributed by atoms with Gasteiger partial charge in [0.05, 0.1) is 50.5 Å². The lowest BCUT2D eigenvalue weighted by molar-refractivity contribution is 1.31. The maximum Gasteiger partial charge on any atom is 0.0972 e. The zero-order valence-electron chi connectivity index (χ0n) is 31.2. The Kier molecular flexibility index (Phi) is 8.04. The summed E-state index contributed by atoms with van der Waals surface area (Å²) in [6, 6.07) is 60.7. The van der Waals surface area contributed by atoms with Crippen molar-refractivity contribution in [2.75, 3.05) is 0 Å². The first-order valence-electron chi connectivity index (χ1n) is 19.2. The minimum absolute atomic E-state index is 0.885. The molecule has 11 aromatic rings. The zero-order valence-corrected chi connectivity index (χ0v) is 31.2. The van der Waals surface area contributed by atoms with Crippen LogP contribution in [0.5, 0.6) is 0 Å². The smallest absolute Gasteiger partial charge is 0.0972 e. The number of fused-ring (bicyclic) bond motifs is 5. The third-order valence-electron chi connectivity index (χ3n) is 10.8. The largest absolute Gasteiger partial charge is 0.256 e. The Morgan fingerprint density at radius 1 is 0.241 bits per heavy atom. The summed E-state index contributed by atoms with van der Waals surface area (Å²) in [7, 11) is 0. The first-order chi connectivity index (χ1) is 28.7. The minimum atomic E-state index is 0.885. The van der Waals surface area contributed by atoms with Crippen LogP contribution in [0.3, 0.4) is 0 Å². The molecule has 0 saturated carbocycles. The Morgan fingerprint density at radius 3 is 1.29 bits per heavy atom. The second-order valence-electron chi connectivity index (χ2n) is 14.4. The summed E-state index contributed by atoms with van der Waals surface area (Å²) in [5.41, 5.74) is 15.4. The average molecular weight is 741 g/mol. The van der Waals surface area contributed by atoms with Gasteiger partial charge in [0, 0.05) is 68.0 Å². The molecule has 6 heterocycles. The van der Waals surface area contributed by atoms with Gasteiger partial charge in [0.25, 0.3) is 0 Å². The van der Waals surface area contributed by atoms with E-state index in [0.29, 0.717) is 0 Å². The van der Waals surface area contributed by atoms with Gasteiger partial charge in [-0.2, -0.15) is 0 Å². The molecule has 0 aliphatic heterocycles. The van der Waals surface area contributed by atoms with Crippen LogP contribution in [-0.2, 0) is 0 Å². The highest BCUT2D eigenvalue weighted by Crippen LogP contribution is 2.34. The summed E-state index contributed by atoms with van der Waals surface area (Å²) >= 11 is 0. The number of rotatable bonds is 6. The van der Waals surface area contributed by atoms with Crippen LogP contribution in [0.1, 0.15) is 0 Å². The molecule has 0 unspecified atom stereocenters. The predicted octanol–water partition coefficient (Wildman–Crippen LogP) is 12.7. The van der Waals surface area contributed by atoms with Crippen molar-refractivity contribution in [3.05, 3.63) is 195 Å². The molecule has 0 radical (unpaired) electrons. The van der Waals surface area contributed by atoms with Gasteiger partial charge in [-0.1, -0.05) is 91.0 Å². The van der Waals surface area contributed by atoms with E-state index in [1.807, 2.05) is 61.1 Å². The van der Waals surface area contributed by atoms with Crippen LogP contribution in [-0.4, -0.2) is 29.9 Å². The lowest BCUT2D eigenvalue weighted by Crippen LogP contribution is -1.91. The fraction of sp³-hybridized carbons (Fsp3) is 0. The van der Waals surface area contributed by atoms with Gasteiger partial charge in [0.15, 0.2) is 0 Å². The van der Waals surface area contributed by atoms with Gasteiger partial charge in [0.2, 0.25) is 0 Å². The molecule has 6 heteroatoms. The number of hydrogen-bond donors (Lipinski definition) is 0. The summed E-state index contributed by atoms with van der Waals surface area (Å²) < 4.78 is 0. The summed E-state index contributed by atoms with van der Waals surface area (Å²) in [5, 5.41) is 4.31. The fourth-order valence-corrected chi connectivity index (χ4v) is 7.78. The second kappa shape index (κ2) is 14.0. The van der Waals surface area contributed by atoms with E-state index < -0.39 is 0 Å². The van der Waals surface area contributed by atoms with Gasteiger partial charge in [-0.05, 0) is 96.1 Å². The van der Waals surface area contributed by atoms with Crippen molar-refractivity contribution in [3.63, 3.8) is 0 Å². The van der Waals surface area contributed by atoms with Gasteiger partial charge >= 0.3 is 0 Å². The molecule has 6 aromatic heterocycles. The van der Waals surface area contributed by atoms with Crippen molar-refractivity contribution in [1.29, 1.82) is 0 Å². The van der Waals surface area contributed by atoms with E-state index in [-0.39, 0.29) is 0 Å². The molecule has 5 aromatic carbocycles. The normalized spacial score (nSPS) is 11.4. The molecule has 270 valence electrons. The SMILES string of the molecule is c1ccc(-c2cc(-c3ccccn3)cc(-c3ccc4ccc(-c5ccc6ccc(-c7cccc(-c8ccc9ccc%10cccnc%10c9n8)c7)nc6c5)cc4n3)c2)nc1. The van der Waals surface area contributed by atoms with Crippen molar-refractivity contribution in [1.82, 2.24) is 29.9 Å². The Morgan fingerprint density at radius 2 is 0.707 bits per heavy atom. The molecular formula is C52H32N6. The molecule has 0 aliphatic rings. The highest BCUT2D eigenvalue weighted by Gasteiger charge is 2.13. The molecule has 0 saturated heterocycles. The predicted molar refractivity (Wildman–Crippen MR) is 236 cm³/mol. The van der Waals surface area contributed by atoms with E-state index >= 15 is 0 Å². The third kappa shape index (κ3) is 6.19. The zero-order chi connectivity index (χ0) is 38.4. The maximum atomic E-state index is 5.22. The second-order valence-corrected chi connectivity index (χ2v) is 14.4. The van der Waals surface area contributed by atoms with Gasteiger partial charge in [-0.15, -0.1) is 0 Å². The van der Waals surface area contributed by atoms with E-state index in [1.54, 1.807) is 0 Å². The Balaban J connectivity index is 0.939. The van der Waals surface area contributed by atoms with E-state index in [9.17, 15) is 0 Å². The Bertz CT molecular complexity index is 3290. The van der Waals surface area contributed by atoms with Gasteiger partial charge in [-0.25, -0.2) is 15.0 Å². The summed E-state index contributed by atoms with van der Waals surface area (Å²) in [6.07, 6.45) is 5.47. The van der Waals surface area contributed by atoms with E-state index in [4.69, 9.17) is 15.0 Å². The average Bonchev–Trinajstić information content (AvgIpc) is 3.31. The van der Waals surface area contributed by atoms with Gasteiger partial charge in [-0.3, -0.25) is 15.0 Å². The van der Waals surface area contributed by atoms with Crippen molar-refractivity contribution in [3.8, 4) is 67.4 Å². The fourth-order valence-electron chi connectivity index (χ4n) is 7.78. The lowest BCUT2D eigenvalue weighted by atomic mass is 9.98. The van der Waals surface area contributed by atoms with Crippen LogP contribution in [0.2, 0.25) is 0 Å². The van der Waals surface area contributed by atoms with Crippen molar-refractivity contribution < 1.29 is 0 Å². The van der Waals surface area contributed by atoms with Gasteiger partial charge in [0.1, 0.15) is 0 Å². The van der Waals surface area contributed by atoms with E-state index in [0.717, 1.165) is 111 Å². The first kappa shape index (κ1) is 33.4. The third-order valence-corrected chi connectivity index (χ3v) is 10.8. The molecule has 0 aliphatic carbocycles. The number of aromatic nitrogens is 6. The molecule has 0 amide bonds. The molecule has 0 N–H and O–H groups in total. The summed E-state index contributed by atoms with van der Waals surface area (Å²) in [4.78, 5) is 29.4. The number of nitrogens with zero attached hydrogens (tertiary/aromatic N) is 6. The highest BCUT2D eigenvalue weighted by atomic mass is 14.8. The van der Waals surface area contributed by atoms with Crippen molar-refractivity contribution in [2.24, 2.45) is 0 Å². The van der Waals surface area contributed by atoms with Crippen molar-refractivity contribution >= 4 is 43.6 Å². The van der Waals surface area contributed by atoms with Crippen LogP contribution in [0.4, 0.5) is 0 Å². The maximum absolute atomic E-state index is 5.22. The van der Waals surface area contributed by atoms with Crippen LogP contribution in [0.25, 0.3) is 111 Å². The standard InChI is InChI=1S/C52H32N6/c1-3-24-53-44(10-1)41-28-42(45-11-2-4-25-54-45)30-43(29-41)48-22-19-34-13-17-38(32-50(34)57-48)37-16-12-33-18-21-46(56-49(33)31-37)39-7-5-8-40(27-39)47-23-20-36-15-14-35-9-6-26-55-51(35)52(36)58-47/h1-32H. The molecule has 0 spiro atoms. The Labute approximate surface area is 334 Å². The molecule has 58 heavy (non-hydrogen) atoms. The number of pyridine rings is 6. The molecule has 0 fully saturated rings. The molecule has 11 rings (SSSR count). The number of hydrogen-bond acceptors (Lipinski definition) is 6.